The molecule has 0 unspecified atom stereocenters. The minimum atomic E-state index is -0.808. The van der Waals surface area contributed by atoms with Gasteiger partial charge >= 0.3 is 0 Å². The first-order chi connectivity index (χ1) is 13.0. The molecule has 2 aliphatic heterocycles. The van der Waals surface area contributed by atoms with Crippen LogP contribution in [0.3, 0.4) is 0 Å². The summed E-state index contributed by atoms with van der Waals surface area (Å²) in [6.45, 7) is 2.48. The highest BCUT2D eigenvalue weighted by Crippen LogP contribution is 2.44. The molecule has 1 atom stereocenters. The maximum atomic E-state index is 12.9. The van der Waals surface area contributed by atoms with Crippen LogP contribution in [0.1, 0.15) is 24.0 Å². The van der Waals surface area contributed by atoms with Crippen LogP contribution in [-0.2, 0) is 16.0 Å². The highest BCUT2D eigenvalue weighted by Gasteiger charge is 2.56. The minimum absolute atomic E-state index is 0.0981. The first kappa shape index (κ1) is 17.3. The van der Waals surface area contributed by atoms with Gasteiger partial charge in [-0.2, -0.15) is 0 Å². The summed E-state index contributed by atoms with van der Waals surface area (Å²) in [5.74, 6) is -1.03. The number of hydrogen-bond donors (Lipinski definition) is 2. The predicted molar refractivity (Wildman–Crippen MR) is 103 cm³/mol. The van der Waals surface area contributed by atoms with Gasteiger partial charge in [-0.15, -0.1) is 0 Å². The van der Waals surface area contributed by atoms with E-state index in [1.807, 2.05) is 55.5 Å². The molecule has 1 saturated heterocycles. The van der Waals surface area contributed by atoms with Crippen molar-refractivity contribution in [2.24, 2.45) is 0 Å². The van der Waals surface area contributed by atoms with E-state index in [0.29, 0.717) is 25.1 Å². The fraction of sp³-hybridized carbons (Fsp3) is 0.273. The Morgan fingerprint density at radius 3 is 2.70 bits per heavy atom. The topological polar surface area (TPSA) is 69.6 Å². The summed E-state index contributed by atoms with van der Waals surface area (Å²) in [6.07, 6.45) is 1.97. The maximum absolute atomic E-state index is 12.9. The predicted octanol–water partition coefficient (Wildman–Crippen LogP) is 3.36. The Morgan fingerprint density at radius 2 is 1.96 bits per heavy atom. The van der Waals surface area contributed by atoms with Crippen molar-refractivity contribution < 1.29 is 14.7 Å². The molecule has 1 fully saturated rings. The summed E-state index contributed by atoms with van der Waals surface area (Å²) >= 11 is 0. The molecule has 4 rings (SSSR count). The van der Waals surface area contributed by atoms with E-state index in [0.717, 1.165) is 17.5 Å². The molecule has 2 aromatic carbocycles. The van der Waals surface area contributed by atoms with Gasteiger partial charge in [0.15, 0.2) is 0 Å². The number of anilines is 1. The van der Waals surface area contributed by atoms with Crippen LogP contribution in [0, 0.1) is 6.92 Å². The summed E-state index contributed by atoms with van der Waals surface area (Å²) in [6, 6.07) is 17.1. The monoisotopic (exact) mass is 362 g/mol. The summed E-state index contributed by atoms with van der Waals surface area (Å²) in [4.78, 5) is 27.4. The van der Waals surface area contributed by atoms with Gasteiger partial charge in [0, 0.05) is 18.7 Å². The molecule has 2 N–H and O–H groups in total. The third kappa shape index (κ3) is 2.89. The molecule has 2 amide bonds. The standard InChI is InChI=1S/C22H22N2O3/c1-15-7-5-10-17(13-15)23-20(26)18-19(25)22(11-6-12-24(22)21(18)27)14-16-8-3-2-4-9-16/h2-5,7-10,13,25H,6,11-12,14H2,1H3,(H,23,26)/t22-/m0/s1. The molecule has 27 heavy (non-hydrogen) atoms. The number of amides is 2. The molecule has 2 aromatic rings. The van der Waals surface area contributed by atoms with Crippen LogP contribution in [0.5, 0.6) is 0 Å². The molecule has 5 heteroatoms. The molecule has 0 spiro atoms. The summed E-state index contributed by atoms with van der Waals surface area (Å²) < 4.78 is 0. The number of rotatable bonds is 4. The Balaban J connectivity index is 1.67. The van der Waals surface area contributed by atoms with E-state index >= 15 is 0 Å². The zero-order chi connectivity index (χ0) is 19.0. The van der Waals surface area contributed by atoms with Crippen LogP contribution in [0.15, 0.2) is 65.9 Å². The average molecular weight is 362 g/mol. The van der Waals surface area contributed by atoms with Gasteiger partial charge in [-0.05, 0) is 43.0 Å². The Kier molecular flexibility index (Phi) is 4.22. The van der Waals surface area contributed by atoms with Gasteiger partial charge in [0.2, 0.25) is 0 Å². The molecular formula is C22H22N2O3. The van der Waals surface area contributed by atoms with Gasteiger partial charge in [-0.25, -0.2) is 0 Å². The van der Waals surface area contributed by atoms with E-state index in [1.165, 1.54) is 0 Å². The van der Waals surface area contributed by atoms with Crippen LogP contribution >= 0.6 is 0 Å². The zero-order valence-corrected chi connectivity index (χ0v) is 15.2. The van der Waals surface area contributed by atoms with Gasteiger partial charge in [0.05, 0.1) is 0 Å². The number of benzene rings is 2. The number of aryl methyl sites for hydroxylation is 1. The van der Waals surface area contributed by atoms with Crippen LogP contribution in [0.25, 0.3) is 0 Å². The minimum Gasteiger partial charge on any atom is -0.509 e. The Morgan fingerprint density at radius 1 is 1.19 bits per heavy atom. The summed E-state index contributed by atoms with van der Waals surface area (Å²) in [5.41, 5.74) is 1.70. The molecule has 2 aliphatic rings. The fourth-order valence-corrected chi connectivity index (χ4v) is 4.21. The quantitative estimate of drug-likeness (QED) is 0.820. The number of hydrogen-bond acceptors (Lipinski definition) is 3. The first-order valence-electron chi connectivity index (χ1n) is 9.19. The van der Waals surface area contributed by atoms with E-state index in [-0.39, 0.29) is 17.2 Å². The van der Waals surface area contributed by atoms with Crippen LogP contribution in [-0.4, -0.2) is 33.9 Å². The molecule has 0 saturated carbocycles. The average Bonchev–Trinajstić information content (AvgIpc) is 3.14. The SMILES string of the molecule is Cc1cccc(NC(=O)C2=C(O)[C@@]3(Cc4ccccc4)CCCN3C2=O)c1. The lowest BCUT2D eigenvalue weighted by Crippen LogP contribution is -2.45. The van der Waals surface area contributed by atoms with Crippen molar-refractivity contribution in [1.82, 2.24) is 4.90 Å². The highest BCUT2D eigenvalue weighted by molar-refractivity contribution is 6.25. The highest BCUT2D eigenvalue weighted by atomic mass is 16.3. The third-order valence-electron chi connectivity index (χ3n) is 5.47. The van der Waals surface area contributed by atoms with Crippen LogP contribution in [0.2, 0.25) is 0 Å². The number of carbonyl (C=O) groups excluding carboxylic acids is 2. The van der Waals surface area contributed by atoms with E-state index in [9.17, 15) is 14.7 Å². The van der Waals surface area contributed by atoms with Gasteiger partial charge in [-0.3, -0.25) is 9.59 Å². The molecule has 0 bridgehead atoms. The number of carbonyl (C=O) groups is 2. The van der Waals surface area contributed by atoms with Crippen molar-refractivity contribution in [3.05, 3.63) is 77.1 Å². The Hall–Kier alpha value is -3.08. The molecule has 0 aromatic heterocycles. The lowest BCUT2D eigenvalue weighted by Gasteiger charge is -2.32. The second kappa shape index (κ2) is 6.58. The molecule has 5 nitrogen and oxygen atoms in total. The zero-order valence-electron chi connectivity index (χ0n) is 15.2. The largest absolute Gasteiger partial charge is 0.509 e. The number of nitrogens with one attached hydrogen (secondary N) is 1. The van der Waals surface area contributed by atoms with E-state index in [4.69, 9.17) is 0 Å². The lowest BCUT2D eigenvalue weighted by molar-refractivity contribution is -0.129. The molecule has 0 aliphatic carbocycles. The molecule has 2 heterocycles. The number of fused-ring (bicyclic) bond motifs is 1. The van der Waals surface area contributed by atoms with Crippen molar-refractivity contribution in [3.8, 4) is 0 Å². The van der Waals surface area contributed by atoms with Crippen molar-refractivity contribution in [3.63, 3.8) is 0 Å². The number of aliphatic hydroxyl groups is 1. The number of aliphatic hydroxyl groups excluding tert-OH is 1. The lowest BCUT2D eigenvalue weighted by atomic mass is 9.87. The van der Waals surface area contributed by atoms with Crippen molar-refractivity contribution in [2.75, 3.05) is 11.9 Å². The Labute approximate surface area is 158 Å². The second-order valence-corrected chi connectivity index (χ2v) is 7.30. The second-order valence-electron chi connectivity index (χ2n) is 7.30. The van der Waals surface area contributed by atoms with E-state index in [1.54, 1.807) is 11.0 Å². The maximum Gasteiger partial charge on any atom is 0.264 e. The third-order valence-corrected chi connectivity index (χ3v) is 5.47. The molecule has 0 radical (unpaired) electrons. The van der Waals surface area contributed by atoms with E-state index < -0.39 is 11.4 Å². The van der Waals surface area contributed by atoms with Gasteiger partial charge in [0.1, 0.15) is 16.9 Å². The van der Waals surface area contributed by atoms with Crippen LogP contribution < -0.4 is 5.32 Å². The Bertz CT molecular complexity index is 936. The molecular weight excluding hydrogens is 340 g/mol. The van der Waals surface area contributed by atoms with Gasteiger partial charge < -0.3 is 15.3 Å². The van der Waals surface area contributed by atoms with Crippen molar-refractivity contribution >= 4 is 17.5 Å². The number of nitrogens with zero attached hydrogens (tertiary/aromatic N) is 1. The smallest absolute Gasteiger partial charge is 0.264 e. The summed E-state index contributed by atoms with van der Waals surface area (Å²) in [7, 11) is 0. The van der Waals surface area contributed by atoms with Crippen molar-refractivity contribution in [2.45, 2.75) is 31.7 Å². The van der Waals surface area contributed by atoms with Gasteiger partial charge in [-0.1, -0.05) is 42.5 Å². The van der Waals surface area contributed by atoms with Gasteiger partial charge in [0.25, 0.3) is 11.8 Å². The fourth-order valence-electron chi connectivity index (χ4n) is 4.21. The van der Waals surface area contributed by atoms with Crippen LogP contribution in [0.4, 0.5) is 5.69 Å². The first-order valence-corrected chi connectivity index (χ1v) is 9.19. The van der Waals surface area contributed by atoms with E-state index in [2.05, 4.69) is 5.32 Å². The summed E-state index contributed by atoms with van der Waals surface area (Å²) in [5, 5.41) is 13.8. The molecule has 138 valence electrons. The van der Waals surface area contributed by atoms with Crippen molar-refractivity contribution in [1.29, 1.82) is 0 Å². The normalized spacial score (nSPS) is 21.5.